The van der Waals surface area contributed by atoms with E-state index < -0.39 is 5.97 Å². The largest absolute Gasteiger partial charge is 0.479 e. The Hall–Kier alpha value is -2.63. The smallest absolute Gasteiger partial charge is 0.328 e. The molecule has 20 heavy (non-hydrogen) atoms. The van der Waals surface area contributed by atoms with Crippen LogP contribution in [0.3, 0.4) is 0 Å². The van der Waals surface area contributed by atoms with Gasteiger partial charge in [0, 0.05) is 12.3 Å². The van der Waals surface area contributed by atoms with E-state index in [-0.39, 0.29) is 0 Å². The first-order valence-corrected chi connectivity index (χ1v) is 5.99. The Morgan fingerprint density at radius 3 is 2.75 bits per heavy atom. The van der Waals surface area contributed by atoms with Crippen molar-refractivity contribution in [2.24, 2.45) is 0 Å². The number of aliphatic carboxylic acids is 1. The quantitative estimate of drug-likeness (QED) is 0.863. The second-order valence-corrected chi connectivity index (χ2v) is 4.31. The van der Waals surface area contributed by atoms with Crippen molar-refractivity contribution in [3.05, 3.63) is 42.1 Å². The third-order valence-electron chi connectivity index (χ3n) is 2.77. The fourth-order valence-electron chi connectivity index (χ4n) is 1.81. The lowest BCUT2D eigenvalue weighted by Gasteiger charge is -2.10. The van der Waals surface area contributed by atoms with Crippen LogP contribution in [0, 0.1) is 6.92 Å². The van der Waals surface area contributed by atoms with Crippen LogP contribution in [0.5, 0.6) is 5.88 Å². The number of nitrogens with zero attached hydrogens (tertiary/aromatic N) is 3. The van der Waals surface area contributed by atoms with Gasteiger partial charge in [-0.25, -0.2) is 14.8 Å². The monoisotopic (exact) mass is 273 g/mol. The zero-order valence-corrected chi connectivity index (χ0v) is 11.5. The summed E-state index contributed by atoms with van der Waals surface area (Å²) >= 11 is 0. The minimum atomic E-state index is -1.00. The van der Waals surface area contributed by atoms with E-state index in [0.29, 0.717) is 17.1 Å². The second-order valence-electron chi connectivity index (χ2n) is 4.31. The van der Waals surface area contributed by atoms with Crippen LogP contribution in [-0.4, -0.2) is 32.7 Å². The van der Waals surface area contributed by atoms with Gasteiger partial charge in [0.2, 0.25) is 5.88 Å². The number of aromatic nitrogens is 3. The highest BCUT2D eigenvalue weighted by Crippen LogP contribution is 2.23. The van der Waals surface area contributed by atoms with Gasteiger partial charge in [0.25, 0.3) is 0 Å². The molecule has 0 aliphatic rings. The minimum absolute atomic E-state index is 0.415. The number of methoxy groups -OCH3 is 1. The number of pyridine rings is 1. The van der Waals surface area contributed by atoms with Gasteiger partial charge in [-0.15, -0.1) is 0 Å². The molecule has 0 radical (unpaired) electrons. The van der Waals surface area contributed by atoms with Crippen molar-refractivity contribution in [2.45, 2.75) is 13.8 Å². The molecule has 0 bridgehead atoms. The summed E-state index contributed by atoms with van der Waals surface area (Å²) in [4.78, 5) is 19.2. The van der Waals surface area contributed by atoms with Gasteiger partial charge in [-0.3, -0.25) is 0 Å². The van der Waals surface area contributed by atoms with E-state index in [1.807, 2.05) is 19.2 Å². The van der Waals surface area contributed by atoms with E-state index in [1.165, 1.54) is 7.11 Å². The lowest BCUT2D eigenvalue weighted by molar-refractivity contribution is -0.131. The van der Waals surface area contributed by atoms with Gasteiger partial charge in [-0.1, -0.05) is 0 Å². The van der Waals surface area contributed by atoms with Crippen molar-refractivity contribution in [3.8, 4) is 11.6 Å². The van der Waals surface area contributed by atoms with Crippen LogP contribution in [0.1, 0.15) is 18.3 Å². The van der Waals surface area contributed by atoms with E-state index in [4.69, 9.17) is 9.84 Å². The van der Waals surface area contributed by atoms with Crippen molar-refractivity contribution < 1.29 is 14.6 Å². The number of imidazole rings is 1. The Bertz CT molecular complexity index is 674. The summed E-state index contributed by atoms with van der Waals surface area (Å²) in [6.45, 7) is 3.58. The Labute approximate surface area is 116 Å². The number of aryl methyl sites for hydroxylation is 1. The number of hydrogen-bond acceptors (Lipinski definition) is 4. The Balaban J connectivity index is 2.46. The number of carboxylic acid groups (broad SMARTS) is 1. The van der Waals surface area contributed by atoms with Crippen LogP contribution >= 0.6 is 0 Å². The highest BCUT2D eigenvalue weighted by atomic mass is 16.5. The van der Waals surface area contributed by atoms with Crippen molar-refractivity contribution in [2.75, 3.05) is 7.11 Å². The van der Waals surface area contributed by atoms with Gasteiger partial charge in [-0.05, 0) is 31.6 Å². The zero-order valence-electron chi connectivity index (χ0n) is 11.5. The SMILES string of the molecule is COc1nc(/C(C)=C/C(=O)O)ccc1-n1cnc(C)c1. The van der Waals surface area contributed by atoms with Gasteiger partial charge in [0.15, 0.2) is 0 Å². The molecular formula is C14H15N3O3. The first-order valence-electron chi connectivity index (χ1n) is 5.99. The van der Waals surface area contributed by atoms with E-state index in [9.17, 15) is 4.79 Å². The molecule has 0 fully saturated rings. The molecule has 0 aliphatic heterocycles. The zero-order chi connectivity index (χ0) is 14.7. The predicted octanol–water partition coefficient (Wildman–Crippen LogP) is 2.07. The van der Waals surface area contributed by atoms with Crippen molar-refractivity contribution in [3.63, 3.8) is 0 Å². The van der Waals surface area contributed by atoms with Gasteiger partial charge < -0.3 is 14.4 Å². The maximum Gasteiger partial charge on any atom is 0.328 e. The molecule has 0 saturated carbocycles. The van der Waals surface area contributed by atoms with Gasteiger partial charge >= 0.3 is 5.97 Å². The number of carbonyl (C=O) groups is 1. The van der Waals surface area contributed by atoms with Crippen LogP contribution in [0.4, 0.5) is 0 Å². The van der Waals surface area contributed by atoms with Gasteiger partial charge in [-0.2, -0.15) is 0 Å². The summed E-state index contributed by atoms with van der Waals surface area (Å²) in [7, 11) is 1.52. The van der Waals surface area contributed by atoms with Crippen LogP contribution < -0.4 is 4.74 Å². The second kappa shape index (κ2) is 5.56. The highest BCUT2D eigenvalue weighted by molar-refractivity contribution is 5.88. The molecule has 1 N–H and O–H groups in total. The van der Waals surface area contributed by atoms with Crippen LogP contribution in [0.2, 0.25) is 0 Å². The lowest BCUT2D eigenvalue weighted by Crippen LogP contribution is -2.01. The Morgan fingerprint density at radius 1 is 1.45 bits per heavy atom. The molecule has 0 saturated heterocycles. The minimum Gasteiger partial charge on any atom is -0.479 e. The molecule has 0 unspecified atom stereocenters. The normalized spacial score (nSPS) is 11.4. The summed E-state index contributed by atoms with van der Waals surface area (Å²) < 4.78 is 7.08. The third-order valence-corrected chi connectivity index (χ3v) is 2.77. The molecule has 2 aromatic rings. The fraction of sp³-hybridized carbons (Fsp3) is 0.214. The molecular weight excluding hydrogens is 258 g/mol. The molecule has 0 atom stereocenters. The molecule has 0 aliphatic carbocycles. The average molecular weight is 273 g/mol. The number of hydrogen-bond donors (Lipinski definition) is 1. The molecule has 2 heterocycles. The summed E-state index contributed by atoms with van der Waals surface area (Å²) in [5, 5.41) is 8.76. The molecule has 0 spiro atoms. The van der Waals surface area contributed by atoms with Crippen molar-refractivity contribution >= 4 is 11.5 Å². The fourth-order valence-corrected chi connectivity index (χ4v) is 1.81. The number of allylic oxidation sites excluding steroid dienone is 1. The summed E-state index contributed by atoms with van der Waals surface area (Å²) in [6, 6.07) is 3.57. The summed E-state index contributed by atoms with van der Waals surface area (Å²) in [5.74, 6) is -0.587. The van der Waals surface area contributed by atoms with E-state index in [1.54, 1.807) is 23.9 Å². The highest BCUT2D eigenvalue weighted by Gasteiger charge is 2.10. The lowest BCUT2D eigenvalue weighted by atomic mass is 10.2. The number of rotatable bonds is 4. The maximum atomic E-state index is 10.7. The van der Waals surface area contributed by atoms with Crippen molar-refractivity contribution in [1.82, 2.24) is 14.5 Å². The number of ether oxygens (including phenoxy) is 1. The van der Waals surface area contributed by atoms with Crippen molar-refractivity contribution in [1.29, 1.82) is 0 Å². The first kappa shape index (κ1) is 13.8. The summed E-state index contributed by atoms with van der Waals surface area (Å²) in [5.41, 5.74) is 2.76. The number of carboxylic acids is 1. The Morgan fingerprint density at radius 2 is 2.20 bits per heavy atom. The topological polar surface area (TPSA) is 77.2 Å². The molecule has 6 heteroatoms. The Kier molecular flexibility index (Phi) is 3.84. The molecule has 6 nitrogen and oxygen atoms in total. The van der Waals surface area contributed by atoms with E-state index >= 15 is 0 Å². The van der Waals surface area contributed by atoms with E-state index in [0.717, 1.165) is 17.5 Å². The molecule has 0 aromatic carbocycles. The van der Waals surface area contributed by atoms with Gasteiger partial charge in [0.1, 0.15) is 5.69 Å². The first-order chi connectivity index (χ1) is 9.51. The average Bonchev–Trinajstić information content (AvgIpc) is 2.83. The summed E-state index contributed by atoms with van der Waals surface area (Å²) in [6.07, 6.45) is 4.65. The molecule has 2 aromatic heterocycles. The molecule has 0 amide bonds. The predicted molar refractivity (Wildman–Crippen MR) is 73.9 cm³/mol. The standard InChI is InChI=1S/C14H15N3O3/c1-9(6-13(18)19)11-4-5-12(14(16-11)20-3)17-7-10(2)15-8-17/h4-8H,1-3H3,(H,18,19)/b9-6+. The maximum absolute atomic E-state index is 10.7. The molecule has 2 rings (SSSR count). The molecule has 104 valence electrons. The third kappa shape index (κ3) is 2.85. The van der Waals surface area contributed by atoms with Gasteiger partial charge in [0.05, 0.1) is 24.8 Å². The van der Waals surface area contributed by atoms with Crippen LogP contribution in [0.15, 0.2) is 30.7 Å². The van der Waals surface area contributed by atoms with E-state index in [2.05, 4.69) is 9.97 Å². The van der Waals surface area contributed by atoms with Crippen LogP contribution in [0.25, 0.3) is 11.3 Å². The van der Waals surface area contributed by atoms with Crippen LogP contribution in [-0.2, 0) is 4.79 Å².